The fraction of sp³-hybridized carbons (Fsp3) is 0.788. The maximum absolute atomic E-state index is 13.4. The molecule has 0 aliphatic carbocycles. The van der Waals surface area contributed by atoms with Gasteiger partial charge in [-0.1, -0.05) is 0 Å². The van der Waals surface area contributed by atoms with Crippen LogP contribution in [-0.2, 0) is 33.4 Å². The van der Waals surface area contributed by atoms with Gasteiger partial charge >= 0.3 is 12.1 Å². The Hall–Kier alpha value is -4.43. The van der Waals surface area contributed by atoms with Gasteiger partial charge in [-0.3, -0.25) is 19.2 Å². The molecule has 2 heterocycles. The van der Waals surface area contributed by atoms with Crippen molar-refractivity contribution >= 4 is 41.7 Å². The smallest absolute Gasteiger partial charge is 0.404 e. The third-order valence-electron chi connectivity index (χ3n) is 9.22. The van der Waals surface area contributed by atoms with Crippen LogP contribution in [-0.4, -0.2) is 162 Å². The minimum atomic E-state index is -1.75. The molecule has 2 aliphatic heterocycles. The molecule has 0 saturated carbocycles. The van der Waals surface area contributed by atoms with Crippen LogP contribution in [0, 0.1) is 0 Å². The van der Waals surface area contributed by atoms with Crippen LogP contribution >= 0.6 is 0 Å². The van der Waals surface area contributed by atoms with Gasteiger partial charge in [0.2, 0.25) is 23.6 Å². The molecule has 11 atom stereocenters. The molecule has 1 saturated heterocycles. The Morgan fingerprint density at radius 2 is 1.53 bits per heavy atom. The summed E-state index contributed by atoms with van der Waals surface area (Å²) in [6.07, 6.45) is -5.76. The molecule has 24 nitrogen and oxygen atoms in total. The molecule has 2 aliphatic rings. The predicted octanol–water partition coefficient (Wildman–Crippen LogP) is -6.44. The summed E-state index contributed by atoms with van der Waals surface area (Å²) in [7, 11) is 0. The topological polar surface area (TPSA) is 416 Å². The van der Waals surface area contributed by atoms with Crippen LogP contribution in [0.15, 0.2) is 4.99 Å². The molecule has 0 bridgehead atoms. The molecule has 1 fully saturated rings. The van der Waals surface area contributed by atoms with E-state index in [1.807, 2.05) is 0 Å². The predicted molar refractivity (Wildman–Crippen MR) is 202 cm³/mol. The summed E-state index contributed by atoms with van der Waals surface area (Å²) in [4.78, 5) is 77.3. The van der Waals surface area contributed by atoms with Gasteiger partial charge in [0.25, 0.3) is 0 Å². The van der Waals surface area contributed by atoms with E-state index in [-0.39, 0.29) is 62.6 Å². The Morgan fingerprint density at radius 1 is 0.930 bits per heavy atom. The molecule has 20 N–H and O–H groups in total. The van der Waals surface area contributed by atoms with E-state index in [1.54, 1.807) is 0 Å². The number of guanidine groups is 1. The van der Waals surface area contributed by atoms with Gasteiger partial charge in [0.15, 0.2) is 24.3 Å². The van der Waals surface area contributed by atoms with Crippen molar-refractivity contribution in [2.75, 3.05) is 32.8 Å². The normalized spacial score (nSPS) is 25.1. The van der Waals surface area contributed by atoms with E-state index in [0.717, 1.165) is 6.42 Å². The Balaban J connectivity index is 1.96. The van der Waals surface area contributed by atoms with Gasteiger partial charge in [-0.25, -0.2) is 14.6 Å². The standard InChI is InChI=1S/C33H62N12O12/c1-16(47)41-19(7-4-10-40-23(50)12-18(37)6-3-9-39-22(49)11-17(36)5-2-8-34)13-24(51)42-27-28(52)29(57-32(38)55)21(15-46)56-30(27)45-33-43-25(20(48)14-35)26(44-33)31(53)54/h17-21,25-30,46,48,52H,2-15,34-37H2,1H3,(H2,38,55)(H,39,49)(H,40,50)(H,41,47)(H,42,51)(H,53,54)(H2,43,44,45)/t17-,18-,19-,20+,21?,25+,26-,27?,28?,29?,30?/m0/s1. The Morgan fingerprint density at radius 3 is 2.05 bits per heavy atom. The number of aliphatic hydroxyl groups is 3. The molecule has 326 valence electrons. The summed E-state index contributed by atoms with van der Waals surface area (Å²) in [6.45, 7) is 1.28. The fourth-order valence-corrected chi connectivity index (χ4v) is 6.39. The van der Waals surface area contributed by atoms with Gasteiger partial charge in [0.05, 0.1) is 18.8 Å². The van der Waals surface area contributed by atoms with Crippen molar-refractivity contribution < 1.29 is 58.7 Å². The average molecular weight is 819 g/mol. The number of ether oxygens (including phenoxy) is 2. The number of nitrogens with two attached hydrogens (primary N) is 5. The van der Waals surface area contributed by atoms with Crippen molar-refractivity contribution in [1.29, 1.82) is 0 Å². The van der Waals surface area contributed by atoms with Crippen LogP contribution in [0.5, 0.6) is 0 Å². The molecule has 5 amide bonds. The van der Waals surface area contributed by atoms with E-state index < -0.39 is 91.3 Å². The minimum Gasteiger partial charge on any atom is -0.480 e. The summed E-state index contributed by atoms with van der Waals surface area (Å²) in [5.41, 5.74) is 28.1. The number of carboxylic acids is 1. The maximum Gasteiger partial charge on any atom is 0.404 e. The number of rotatable bonds is 25. The highest BCUT2D eigenvalue weighted by Crippen LogP contribution is 2.24. The zero-order valence-corrected chi connectivity index (χ0v) is 32.1. The van der Waals surface area contributed by atoms with Crippen molar-refractivity contribution in [3.8, 4) is 0 Å². The van der Waals surface area contributed by atoms with Gasteiger partial charge in [0.1, 0.15) is 18.2 Å². The second-order valence-electron chi connectivity index (χ2n) is 14.1. The minimum absolute atomic E-state index is 0.0428. The first-order chi connectivity index (χ1) is 27.0. The third-order valence-corrected chi connectivity index (χ3v) is 9.22. The number of amides is 5. The van der Waals surface area contributed by atoms with Crippen LogP contribution in [0.2, 0.25) is 0 Å². The van der Waals surface area contributed by atoms with Gasteiger partial charge in [0, 0.05) is 63.9 Å². The summed E-state index contributed by atoms with van der Waals surface area (Å²) in [5.74, 6) is -3.21. The number of carboxylic acid groups (broad SMARTS) is 1. The zero-order chi connectivity index (χ0) is 42.7. The molecule has 2 rings (SSSR count). The fourth-order valence-electron chi connectivity index (χ4n) is 6.39. The molecule has 24 heteroatoms. The number of hydrogen-bond donors (Lipinski definition) is 15. The zero-order valence-electron chi connectivity index (χ0n) is 32.1. The summed E-state index contributed by atoms with van der Waals surface area (Å²) in [6, 6.07) is -5.51. The highest BCUT2D eigenvalue weighted by molar-refractivity contribution is 5.89. The largest absolute Gasteiger partial charge is 0.480 e. The van der Waals surface area contributed by atoms with Crippen molar-refractivity contribution in [1.82, 2.24) is 31.9 Å². The lowest BCUT2D eigenvalue weighted by atomic mass is 9.95. The number of aliphatic imine (C=N–C) groups is 1. The average Bonchev–Trinajstić information content (AvgIpc) is 3.57. The molecule has 0 spiro atoms. The Labute approximate surface area is 330 Å². The van der Waals surface area contributed by atoms with Crippen LogP contribution in [0.4, 0.5) is 4.79 Å². The molecule has 5 unspecified atom stereocenters. The number of nitrogens with one attached hydrogen (secondary N) is 6. The van der Waals surface area contributed by atoms with Crippen LogP contribution < -0.4 is 60.6 Å². The number of carbonyl (C=O) groups is 6. The van der Waals surface area contributed by atoms with E-state index in [2.05, 4.69) is 36.9 Å². The first-order valence-corrected chi connectivity index (χ1v) is 18.9. The maximum atomic E-state index is 13.4. The number of nitrogens with zero attached hydrogens (tertiary/aromatic N) is 1. The molecule has 0 aromatic heterocycles. The lowest BCUT2D eigenvalue weighted by molar-refractivity contribution is -0.198. The van der Waals surface area contributed by atoms with E-state index in [4.69, 9.17) is 38.1 Å². The Kier molecular flexibility index (Phi) is 21.4. The first kappa shape index (κ1) is 48.7. The van der Waals surface area contributed by atoms with Crippen molar-refractivity contribution in [3.63, 3.8) is 0 Å². The number of aliphatic hydroxyl groups excluding tert-OH is 3. The number of carbonyl (C=O) groups excluding carboxylic acids is 5. The van der Waals surface area contributed by atoms with Gasteiger partial charge in [-0.05, 0) is 45.1 Å². The van der Waals surface area contributed by atoms with E-state index >= 15 is 0 Å². The molecular weight excluding hydrogens is 756 g/mol. The highest BCUT2D eigenvalue weighted by Gasteiger charge is 2.49. The van der Waals surface area contributed by atoms with Gasteiger partial charge in [-0.15, -0.1) is 0 Å². The number of aliphatic carboxylic acids is 1. The van der Waals surface area contributed by atoms with Crippen molar-refractivity contribution in [2.45, 2.75) is 132 Å². The van der Waals surface area contributed by atoms with Gasteiger partial charge < -0.3 is 90.5 Å². The summed E-state index contributed by atoms with van der Waals surface area (Å²) in [5, 5.41) is 57.2. The molecule has 0 aromatic rings. The van der Waals surface area contributed by atoms with Crippen LogP contribution in [0.25, 0.3) is 0 Å². The number of hydrogen-bond acceptors (Lipinski definition) is 18. The monoisotopic (exact) mass is 818 g/mol. The van der Waals surface area contributed by atoms with Crippen LogP contribution in [0.1, 0.15) is 64.7 Å². The van der Waals surface area contributed by atoms with Crippen molar-refractivity contribution in [3.05, 3.63) is 0 Å². The van der Waals surface area contributed by atoms with Gasteiger partial charge in [-0.2, -0.15) is 0 Å². The quantitative estimate of drug-likeness (QED) is 0.0381. The second-order valence-corrected chi connectivity index (χ2v) is 14.1. The molecule has 0 radical (unpaired) electrons. The third kappa shape index (κ3) is 17.3. The van der Waals surface area contributed by atoms with E-state index in [9.17, 15) is 49.2 Å². The molecule has 57 heavy (non-hydrogen) atoms. The SMILES string of the molecule is CC(=O)N[C@@H](CCCNC(=O)C[C@@H](N)CCCNC(=O)C[C@@H](N)CCCN)CC(=O)NC1C(NC2=N[C@H](C(=O)O)[C@@H]([C@H](O)CN)N2)OC(CO)C(OC(N)=O)C1O. The molecule has 0 aromatic carbocycles. The Bertz CT molecular complexity index is 1360. The second kappa shape index (κ2) is 25.0. The summed E-state index contributed by atoms with van der Waals surface area (Å²) >= 11 is 0. The first-order valence-electron chi connectivity index (χ1n) is 18.9. The molecular formula is C33H62N12O12. The highest BCUT2D eigenvalue weighted by atomic mass is 16.6. The van der Waals surface area contributed by atoms with Crippen molar-refractivity contribution in [2.24, 2.45) is 33.7 Å². The summed E-state index contributed by atoms with van der Waals surface area (Å²) < 4.78 is 10.8. The van der Waals surface area contributed by atoms with Crippen LogP contribution in [0.3, 0.4) is 0 Å². The van der Waals surface area contributed by atoms with E-state index in [1.165, 1.54) is 6.92 Å². The lowest BCUT2D eigenvalue weighted by Crippen LogP contribution is -2.69. The number of primary amides is 1. The van der Waals surface area contributed by atoms with E-state index in [0.29, 0.717) is 38.8 Å². The lowest BCUT2D eigenvalue weighted by Gasteiger charge is -2.44.